The van der Waals surface area contributed by atoms with E-state index in [1.54, 1.807) is 0 Å². The zero-order valence-corrected chi connectivity index (χ0v) is 11.0. The zero-order valence-electron chi connectivity index (χ0n) is 9.40. The molecule has 1 fully saturated rings. The van der Waals surface area contributed by atoms with Gasteiger partial charge in [-0.2, -0.15) is 0 Å². The van der Waals surface area contributed by atoms with E-state index in [1.165, 1.54) is 18.4 Å². The van der Waals surface area contributed by atoms with Crippen molar-refractivity contribution in [3.05, 3.63) is 34.3 Å². The van der Waals surface area contributed by atoms with E-state index in [9.17, 15) is 5.11 Å². The van der Waals surface area contributed by atoms with Crippen molar-refractivity contribution in [2.45, 2.75) is 31.8 Å². The lowest BCUT2D eigenvalue weighted by molar-refractivity contribution is 0.0839. The molecule has 2 rings (SSSR count). The summed E-state index contributed by atoms with van der Waals surface area (Å²) < 4.78 is 1.16. The molecule has 0 spiro atoms. The molecular formula is C13H18BrNO. The molecule has 1 aliphatic heterocycles. The number of rotatable bonds is 3. The second kappa shape index (κ2) is 5.80. The fourth-order valence-corrected chi connectivity index (χ4v) is 2.73. The van der Waals surface area contributed by atoms with Gasteiger partial charge in [0.2, 0.25) is 0 Å². The average molecular weight is 284 g/mol. The highest BCUT2D eigenvalue weighted by atomic mass is 79.9. The third-order valence-electron chi connectivity index (χ3n) is 3.29. The number of benzene rings is 1. The maximum absolute atomic E-state index is 9.36. The molecule has 1 heterocycles. The number of piperidine rings is 1. The predicted molar refractivity (Wildman–Crippen MR) is 69.3 cm³/mol. The molecule has 1 unspecified atom stereocenters. The number of aliphatic hydroxyl groups is 1. The van der Waals surface area contributed by atoms with Gasteiger partial charge in [0, 0.05) is 17.1 Å². The molecule has 1 aromatic rings. The Morgan fingerprint density at radius 3 is 2.88 bits per heavy atom. The monoisotopic (exact) mass is 283 g/mol. The molecule has 1 saturated heterocycles. The van der Waals surface area contributed by atoms with Crippen LogP contribution in [0.25, 0.3) is 0 Å². The maximum Gasteiger partial charge on any atom is 0.0586 e. The number of hydrogen-bond acceptors (Lipinski definition) is 2. The molecule has 0 saturated carbocycles. The maximum atomic E-state index is 9.36. The topological polar surface area (TPSA) is 23.5 Å². The fraction of sp³-hybridized carbons (Fsp3) is 0.538. The van der Waals surface area contributed by atoms with Crippen molar-refractivity contribution in [1.29, 1.82) is 0 Å². The highest BCUT2D eigenvalue weighted by Gasteiger charge is 2.21. The minimum absolute atomic E-state index is 0.282. The summed E-state index contributed by atoms with van der Waals surface area (Å²) in [6, 6.07) is 8.67. The van der Waals surface area contributed by atoms with E-state index in [1.807, 2.05) is 6.07 Å². The first-order valence-corrected chi connectivity index (χ1v) is 6.69. The molecule has 1 N–H and O–H groups in total. The molecule has 1 atom stereocenters. The predicted octanol–water partition coefficient (Wildman–Crippen LogP) is 2.80. The van der Waals surface area contributed by atoms with E-state index in [2.05, 4.69) is 39.0 Å². The van der Waals surface area contributed by atoms with Gasteiger partial charge in [-0.25, -0.2) is 0 Å². The van der Waals surface area contributed by atoms with Crippen LogP contribution in [0.15, 0.2) is 28.7 Å². The van der Waals surface area contributed by atoms with Gasteiger partial charge < -0.3 is 5.11 Å². The summed E-state index contributed by atoms with van der Waals surface area (Å²) in [5.74, 6) is 0. The number of nitrogens with zero attached hydrogens (tertiary/aromatic N) is 1. The molecular weight excluding hydrogens is 266 g/mol. The highest BCUT2D eigenvalue weighted by molar-refractivity contribution is 9.10. The van der Waals surface area contributed by atoms with Gasteiger partial charge in [-0.05, 0) is 31.0 Å². The second-order valence-electron chi connectivity index (χ2n) is 4.39. The van der Waals surface area contributed by atoms with Gasteiger partial charge in [0.15, 0.2) is 0 Å². The van der Waals surface area contributed by atoms with Gasteiger partial charge in [-0.3, -0.25) is 4.90 Å². The molecule has 1 aliphatic rings. The number of hydrogen-bond donors (Lipinski definition) is 1. The normalized spacial score (nSPS) is 22.2. The van der Waals surface area contributed by atoms with Crippen molar-refractivity contribution >= 4 is 15.9 Å². The van der Waals surface area contributed by atoms with Crippen LogP contribution in [0.4, 0.5) is 0 Å². The van der Waals surface area contributed by atoms with Crippen LogP contribution in [0.3, 0.4) is 0 Å². The van der Waals surface area contributed by atoms with Crippen molar-refractivity contribution in [2.75, 3.05) is 13.2 Å². The SMILES string of the molecule is OCC1CCCCN1Cc1ccccc1Br. The molecule has 3 heteroatoms. The van der Waals surface area contributed by atoms with Crippen molar-refractivity contribution in [3.63, 3.8) is 0 Å². The number of likely N-dealkylation sites (tertiary alicyclic amines) is 1. The summed E-state index contributed by atoms with van der Waals surface area (Å²) in [5.41, 5.74) is 1.31. The van der Waals surface area contributed by atoms with Gasteiger partial charge in [-0.1, -0.05) is 40.5 Å². The number of halogens is 1. The lowest BCUT2D eigenvalue weighted by Crippen LogP contribution is -2.41. The van der Waals surface area contributed by atoms with Crippen LogP contribution >= 0.6 is 15.9 Å². The average Bonchev–Trinajstić information content (AvgIpc) is 2.33. The Kier molecular flexibility index (Phi) is 4.38. The van der Waals surface area contributed by atoms with Crippen molar-refractivity contribution in [2.24, 2.45) is 0 Å². The number of aliphatic hydroxyl groups excluding tert-OH is 1. The van der Waals surface area contributed by atoms with Crippen LogP contribution < -0.4 is 0 Å². The first-order valence-electron chi connectivity index (χ1n) is 5.89. The summed E-state index contributed by atoms with van der Waals surface area (Å²) >= 11 is 3.58. The van der Waals surface area contributed by atoms with Crippen LogP contribution in [0, 0.1) is 0 Å². The summed E-state index contributed by atoms with van der Waals surface area (Å²) in [7, 11) is 0. The molecule has 1 aromatic carbocycles. The highest BCUT2D eigenvalue weighted by Crippen LogP contribution is 2.23. The zero-order chi connectivity index (χ0) is 11.4. The largest absolute Gasteiger partial charge is 0.395 e. The molecule has 0 aromatic heterocycles. The molecule has 88 valence electrons. The Bertz CT molecular complexity index is 342. The van der Waals surface area contributed by atoms with Crippen molar-refractivity contribution in [1.82, 2.24) is 4.90 Å². The fourth-order valence-electron chi connectivity index (χ4n) is 2.32. The lowest BCUT2D eigenvalue weighted by atomic mass is 10.0. The summed E-state index contributed by atoms with van der Waals surface area (Å²) in [6.07, 6.45) is 3.62. The van der Waals surface area contributed by atoms with Crippen molar-refractivity contribution < 1.29 is 5.11 Å². The Balaban J connectivity index is 2.05. The molecule has 0 aliphatic carbocycles. The first-order chi connectivity index (χ1) is 7.81. The minimum Gasteiger partial charge on any atom is -0.395 e. The van der Waals surface area contributed by atoms with Crippen LogP contribution in [0.1, 0.15) is 24.8 Å². The Morgan fingerprint density at radius 1 is 1.31 bits per heavy atom. The van der Waals surface area contributed by atoms with E-state index in [-0.39, 0.29) is 6.61 Å². The third kappa shape index (κ3) is 2.84. The molecule has 0 radical (unpaired) electrons. The van der Waals surface area contributed by atoms with Gasteiger partial charge in [0.25, 0.3) is 0 Å². The van der Waals surface area contributed by atoms with Gasteiger partial charge in [0.05, 0.1) is 6.61 Å². The molecule has 0 amide bonds. The summed E-state index contributed by atoms with van der Waals surface area (Å²) in [6.45, 7) is 2.32. The van der Waals surface area contributed by atoms with Crippen LogP contribution in [-0.2, 0) is 6.54 Å². The lowest BCUT2D eigenvalue weighted by Gasteiger charge is -2.34. The Hall–Kier alpha value is -0.380. The van der Waals surface area contributed by atoms with Crippen LogP contribution in [0.2, 0.25) is 0 Å². The summed E-state index contributed by atoms with van der Waals surface area (Å²) in [5, 5.41) is 9.36. The van der Waals surface area contributed by atoms with Gasteiger partial charge in [-0.15, -0.1) is 0 Å². The Labute approximate surface area is 105 Å². The summed E-state index contributed by atoms with van der Waals surface area (Å²) in [4.78, 5) is 2.39. The molecule has 0 bridgehead atoms. The first kappa shape index (κ1) is 12.1. The molecule has 16 heavy (non-hydrogen) atoms. The third-order valence-corrected chi connectivity index (χ3v) is 4.06. The van der Waals surface area contributed by atoms with Gasteiger partial charge >= 0.3 is 0 Å². The second-order valence-corrected chi connectivity index (χ2v) is 5.25. The van der Waals surface area contributed by atoms with E-state index in [0.717, 1.165) is 24.0 Å². The van der Waals surface area contributed by atoms with E-state index < -0.39 is 0 Å². The standard InChI is InChI=1S/C13H18BrNO/c14-13-7-2-1-5-11(13)9-15-8-4-3-6-12(15)10-16/h1-2,5,7,12,16H,3-4,6,8-10H2. The Morgan fingerprint density at radius 2 is 2.12 bits per heavy atom. The van der Waals surface area contributed by atoms with Crippen LogP contribution in [0.5, 0.6) is 0 Å². The smallest absolute Gasteiger partial charge is 0.0586 e. The minimum atomic E-state index is 0.282. The van der Waals surface area contributed by atoms with E-state index in [0.29, 0.717) is 6.04 Å². The van der Waals surface area contributed by atoms with E-state index in [4.69, 9.17) is 0 Å². The quantitative estimate of drug-likeness (QED) is 0.922. The van der Waals surface area contributed by atoms with E-state index >= 15 is 0 Å². The van der Waals surface area contributed by atoms with Crippen LogP contribution in [-0.4, -0.2) is 29.2 Å². The molecule has 2 nitrogen and oxygen atoms in total. The van der Waals surface area contributed by atoms with Crippen molar-refractivity contribution in [3.8, 4) is 0 Å². The van der Waals surface area contributed by atoms with Gasteiger partial charge in [0.1, 0.15) is 0 Å².